The summed E-state index contributed by atoms with van der Waals surface area (Å²) < 4.78 is 0. The van der Waals surface area contributed by atoms with E-state index >= 15 is 0 Å². The molecule has 0 saturated heterocycles. The minimum atomic E-state index is -0.866. The van der Waals surface area contributed by atoms with Gasteiger partial charge in [-0.05, 0) is 50.3 Å². The minimum Gasteiger partial charge on any atom is -0.480 e. The third kappa shape index (κ3) is 5.49. The van der Waals surface area contributed by atoms with Gasteiger partial charge in [-0.15, -0.1) is 0 Å². The van der Waals surface area contributed by atoms with Crippen molar-refractivity contribution >= 4 is 17.6 Å². The lowest BCUT2D eigenvalue weighted by Gasteiger charge is -2.19. The van der Waals surface area contributed by atoms with Crippen molar-refractivity contribution in [3.8, 4) is 0 Å². The summed E-state index contributed by atoms with van der Waals surface area (Å²) in [6.07, 6.45) is 0.930. The molecular formula is C15H23ClN2O2. The number of hydrogen-bond donors (Lipinski definition) is 2. The van der Waals surface area contributed by atoms with E-state index in [-0.39, 0.29) is 0 Å². The van der Waals surface area contributed by atoms with Crippen molar-refractivity contribution in [2.45, 2.75) is 26.3 Å². The van der Waals surface area contributed by atoms with Gasteiger partial charge in [0.05, 0.1) is 0 Å². The molecule has 0 spiro atoms. The van der Waals surface area contributed by atoms with Crippen LogP contribution < -0.4 is 5.32 Å². The number of carbonyl (C=O) groups is 1. The van der Waals surface area contributed by atoms with E-state index in [9.17, 15) is 9.90 Å². The predicted molar refractivity (Wildman–Crippen MR) is 82.2 cm³/mol. The van der Waals surface area contributed by atoms with E-state index in [0.717, 1.165) is 31.6 Å². The summed E-state index contributed by atoms with van der Waals surface area (Å²) in [7, 11) is 0. The lowest BCUT2D eigenvalue weighted by Crippen LogP contribution is -2.32. The maximum absolute atomic E-state index is 11.3. The first kappa shape index (κ1) is 17.0. The molecule has 0 bridgehead atoms. The van der Waals surface area contributed by atoms with E-state index in [1.807, 2.05) is 0 Å². The highest BCUT2D eigenvalue weighted by molar-refractivity contribution is 6.30. The fourth-order valence-electron chi connectivity index (χ4n) is 2.09. The summed E-state index contributed by atoms with van der Waals surface area (Å²) >= 11 is 5.82. The molecule has 112 valence electrons. The van der Waals surface area contributed by atoms with Gasteiger partial charge in [0.1, 0.15) is 6.04 Å². The van der Waals surface area contributed by atoms with E-state index in [4.69, 9.17) is 11.6 Å². The molecule has 1 aromatic carbocycles. The molecule has 0 heterocycles. The van der Waals surface area contributed by atoms with Gasteiger partial charge in [0.15, 0.2) is 0 Å². The first-order valence-electron chi connectivity index (χ1n) is 7.02. The third-order valence-electron chi connectivity index (χ3n) is 3.34. The second-order valence-electron chi connectivity index (χ2n) is 4.66. The van der Waals surface area contributed by atoms with Gasteiger partial charge in [-0.2, -0.15) is 0 Å². The first-order chi connectivity index (χ1) is 9.58. The molecule has 1 unspecified atom stereocenters. The van der Waals surface area contributed by atoms with Crippen LogP contribution in [0.15, 0.2) is 24.3 Å². The van der Waals surface area contributed by atoms with E-state index < -0.39 is 12.0 Å². The first-order valence-corrected chi connectivity index (χ1v) is 7.40. The second-order valence-corrected chi connectivity index (χ2v) is 5.09. The number of carboxylic acid groups (broad SMARTS) is 1. The largest absolute Gasteiger partial charge is 0.480 e. The van der Waals surface area contributed by atoms with Crippen LogP contribution in [0.2, 0.25) is 5.02 Å². The van der Waals surface area contributed by atoms with E-state index in [1.165, 1.54) is 0 Å². The number of hydrogen-bond acceptors (Lipinski definition) is 3. The summed E-state index contributed by atoms with van der Waals surface area (Å²) in [5.74, 6) is -0.866. The number of nitrogens with zero attached hydrogens (tertiary/aromatic N) is 1. The van der Waals surface area contributed by atoms with Gasteiger partial charge >= 0.3 is 5.97 Å². The van der Waals surface area contributed by atoms with E-state index in [2.05, 4.69) is 24.1 Å². The van der Waals surface area contributed by atoms with Gasteiger partial charge in [-0.25, -0.2) is 0 Å². The molecule has 1 atom stereocenters. The molecule has 4 nitrogen and oxygen atoms in total. The Bertz CT molecular complexity index is 405. The minimum absolute atomic E-state index is 0.611. The highest BCUT2D eigenvalue weighted by Crippen LogP contribution is 2.16. The van der Waals surface area contributed by atoms with Crippen LogP contribution in [0.25, 0.3) is 0 Å². The molecule has 0 fully saturated rings. The molecule has 20 heavy (non-hydrogen) atoms. The van der Waals surface area contributed by atoms with Gasteiger partial charge in [-0.1, -0.05) is 37.6 Å². The maximum Gasteiger partial charge on any atom is 0.325 e. The van der Waals surface area contributed by atoms with Crippen LogP contribution >= 0.6 is 11.6 Å². The van der Waals surface area contributed by atoms with Crippen molar-refractivity contribution in [3.63, 3.8) is 0 Å². The molecule has 2 N–H and O–H groups in total. The van der Waals surface area contributed by atoms with Gasteiger partial charge in [-0.3, -0.25) is 4.79 Å². The molecule has 0 aliphatic carbocycles. The van der Waals surface area contributed by atoms with Crippen LogP contribution in [0.5, 0.6) is 0 Å². The topological polar surface area (TPSA) is 52.6 Å². The highest BCUT2D eigenvalue weighted by Gasteiger charge is 2.18. The number of rotatable bonds is 9. The van der Waals surface area contributed by atoms with Crippen molar-refractivity contribution in [1.29, 1.82) is 0 Å². The number of halogens is 1. The standard InChI is InChI=1S/C15H23ClN2O2/c1-3-18(4-2)11-5-10-17-14(15(19)20)12-6-8-13(16)9-7-12/h6-9,14,17H,3-5,10-11H2,1-2H3,(H,19,20). The summed E-state index contributed by atoms with van der Waals surface area (Å²) in [6.45, 7) is 7.96. The fraction of sp³-hybridized carbons (Fsp3) is 0.533. The zero-order valence-corrected chi connectivity index (χ0v) is 12.9. The quantitative estimate of drug-likeness (QED) is 0.688. The van der Waals surface area contributed by atoms with Crippen molar-refractivity contribution in [3.05, 3.63) is 34.9 Å². The normalized spacial score (nSPS) is 12.6. The maximum atomic E-state index is 11.3. The molecule has 0 aromatic heterocycles. The van der Waals surface area contributed by atoms with E-state index in [1.54, 1.807) is 24.3 Å². The van der Waals surface area contributed by atoms with Crippen molar-refractivity contribution in [1.82, 2.24) is 10.2 Å². The molecule has 0 aliphatic rings. The van der Waals surface area contributed by atoms with Crippen LogP contribution in [0.4, 0.5) is 0 Å². The molecule has 0 amide bonds. The van der Waals surface area contributed by atoms with Crippen LogP contribution in [0, 0.1) is 0 Å². The predicted octanol–water partition coefficient (Wildman–Crippen LogP) is 2.79. The number of aliphatic carboxylic acids is 1. The SMILES string of the molecule is CCN(CC)CCCNC(C(=O)O)c1ccc(Cl)cc1. The smallest absolute Gasteiger partial charge is 0.325 e. The van der Waals surface area contributed by atoms with Gasteiger partial charge in [0, 0.05) is 5.02 Å². The average Bonchev–Trinajstić information content (AvgIpc) is 2.44. The van der Waals surface area contributed by atoms with Crippen molar-refractivity contribution in [2.75, 3.05) is 26.2 Å². The average molecular weight is 299 g/mol. The fourth-order valence-corrected chi connectivity index (χ4v) is 2.22. The highest BCUT2D eigenvalue weighted by atomic mass is 35.5. The molecule has 0 saturated carbocycles. The molecule has 1 rings (SSSR count). The number of benzene rings is 1. The van der Waals surface area contributed by atoms with E-state index in [0.29, 0.717) is 11.6 Å². The number of nitrogens with one attached hydrogen (secondary N) is 1. The third-order valence-corrected chi connectivity index (χ3v) is 3.60. The molecule has 1 aromatic rings. The van der Waals surface area contributed by atoms with Crippen LogP contribution in [-0.2, 0) is 4.79 Å². The summed E-state index contributed by atoms with van der Waals surface area (Å²) in [6, 6.07) is 6.25. The Kier molecular flexibility index (Phi) is 7.59. The van der Waals surface area contributed by atoms with Crippen molar-refractivity contribution < 1.29 is 9.90 Å². The van der Waals surface area contributed by atoms with Gasteiger partial charge in [0.25, 0.3) is 0 Å². The Morgan fingerprint density at radius 1 is 1.30 bits per heavy atom. The molecule has 5 heteroatoms. The van der Waals surface area contributed by atoms with Crippen LogP contribution in [0.3, 0.4) is 0 Å². The summed E-state index contributed by atoms with van der Waals surface area (Å²) in [5.41, 5.74) is 0.727. The zero-order chi connectivity index (χ0) is 15.0. The van der Waals surface area contributed by atoms with Crippen molar-refractivity contribution in [2.24, 2.45) is 0 Å². The summed E-state index contributed by atoms with van der Waals surface area (Å²) in [5, 5.41) is 13.0. The lowest BCUT2D eigenvalue weighted by atomic mass is 10.1. The Hall–Kier alpha value is -1.10. The Morgan fingerprint density at radius 3 is 2.40 bits per heavy atom. The zero-order valence-electron chi connectivity index (χ0n) is 12.1. The Morgan fingerprint density at radius 2 is 1.90 bits per heavy atom. The lowest BCUT2D eigenvalue weighted by molar-refractivity contribution is -0.139. The van der Waals surface area contributed by atoms with Gasteiger partial charge < -0.3 is 15.3 Å². The van der Waals surface area contributed by atoms with Crippen LogP contribution in [0.1, 0.15) is 31.9 Å². The molecular weight excluding hydrogens is 276 g/mol. The number of carboxylic acids is 1. The molecule has 0 radical (unpaired) electrons. The Labute approximate surface area is 125 Å². The second kappa shape index (κ2) is 8.95. The Balaban J connectivity index is 2.48. The molecule has 0 aliphatic heterocycles. The van der Waals surface area contributed by atoms with Crippen LogP contribution in [-0.4, -0.2) is 42.2 Å². The monoisotopic (exact) mass is 298 g/mol. The van der Waals surface area contributed by atoms with Gasteiger partial charge in [0.2, 0.25) is 0 Å². The summed E-state index contributed by atoms with van der Waals surface area (Å²) in [4.78, 5) is 13.6.